The SMILES string of the molecule is CCCC1CCC(c2ccc(-c3ccc(OC(F)(F)Cl)c(F)c3)cc2)CC1. The quantitative estimate of drug-likeness (QED) is 0.454. The van der Waals surface area contributed by atoms with Gasteiger partial charge in [-0.25, -0.2) is 4.39 Å². The summed E-state index contributed by atoms with van der Waals surface area (Å²) in [4.78, 5) is 0. The summed E-state index contributed by atoms with van der Waals surface area (Å²) in [5.41, 5.74) is -1.17. The van der Waals surface area contributed by atoms with Crippen molar-refractivity contribution in [2.45, 2.75) is 56.9 Å². The van der Waals surface area contributed by atoms with Crippen molar-refractivity contribution in [3.8, 4) is 16.9 Å². The highest BCUT2D eigenvalue weighted by molar-refractivity contribution is 6.20. The van der Waals surface area contributed by atoms with Gasteiger partial charge in [0.15, 0.2) is 11.6 Å². The van der Waals surface area contributed by atoms with E-state index in [-0.39, 0.29) is 0 Å². The normalized spacial score (nSPS) is 20.5. The molecule has 1 aliphatic carbocycles. The Kier molecular flexibility index (Phi) is 6.36. The predicted molar refractivity (Wildman–Crippen MR) is 103 cm³/mol. The van der Waals surface area contributed by atoms with Gasteiger partial charge in [-0.15, -0.1) is 8.78 Å². The Bertz CT molecular complexity index is 747. The number of rotatable bonds is 6. The maximum atomic E-state index is 14.0. The summed E-state index contributed by atoms with van der Waals surface area (Å²) in [7, 11) is 0. The standard InChI is InChI=1S/C22H24ClF3O/c1-2-3-15-4-6-16(7-5-15)17-8-10-18(11-9-17)19-12-13-21(20(24)14-19)27-22(23,25)26/h8-16H,2-7H2,1H3. The largest absolute Gasteiger partial charge is 0.487 e. The van der Waals surface area contributed by atoms with Gasteiger partial charge in [0.2, 0.25) is 0 Å². The van der Waals surface area contributed by atoms with Crippen LogP contribution in [-0.2, 0) is 0 Å². The van der Waals surface area contributed by atoms with Gasteiger partial charge >= 0.3 is 5.57 Å². The minimum atomic E-state index is -3.93. The first-order valence-electron chi connectivity index (χ1n) is 9.51. The highest BCUT2D eigenvalue weighted by atomic mass is 35.5. The molecule has 0 N–H and O–H groups in total. The van der Waals surface area contributed by atoms with Gasteiger partial charge < -0.3 is 4.74 Å². The van der Waals surface area contributed by atoms with E-state index in [0.29, 0.717) is 11.5 Å². The van der Waals surface area contributed by atoms with Gasteiger partial charge in [0.1, 0.15) is 0 Å². The Balaban J connectivity index is 1.68. The van der Waals surface area contributed by atoms with E-state index in [1.807, 2.05) is 12.1 Å². The zero-order valence-corrected chi connectivity index (χ0v) is 16.1. The molecular formula is C22H24ClF3O. The molecule has 0 aliphatic heterocycles. The van der Waals surface area contributed by atoms with Gasteiger partial charge in [-0.1, -0.05) is 50.1 Å². The van der Waals surface area contributed by atoms with E-state index in [1.165, 1.54) is 56.2 Å². The molecule has 1 nitrogen and oxygen atoms in total. The van der Waals surface area contributed by atoms with Crippen LogP contribution >= 0.6 is 11.6 Å². The lowest BCUT2D eigenvalue weighted by Crippen LogP contribution is -2.16. The Morgan fingerprint density at radius 3 is 2.19 bits per heavy atom. The number of hydrogen-bond acceptors (Lipinski definition) is 1. The Morgan fingerprint density at radius 1 is 1.00 bits per heavy atom. The zero-order chi connectivity index (χ0) is 19.4. The molecule has 3 rings (SSSR count). The van der Waals surface area contributed by atoms with E-state index in [2.05, 4.69) is 23.8 Å². The maximum absolute atomic E-state index is 14.0. The molecule has 0 spiro atoms. The van der Waals surface area contributed by atoms with E-state index in [1.54, 1.807) is 6.07 Å². The van der Waals surface area contributed by atoms with Crippen molar-refractivity contribution < 1.29 is 17.9 Å². The number of halogens is 4. The average molecular weight is 397 g/mol. The molecule has 0 atom stereocenters. The van der Waals surface area contributed by atoms with E-state index in [4.69, 9.17) is 11.6 Å². The van der Waals surface area contributed by atoms with Gasteiger partial charge in [-0.3, -0.25) is 0 Å². The van der Waals surface area contributed by atoms with Crippen molar-refractivity contribution >= 4 is 11.6 Å². The smallest absolute Gasteiger partial charge is 0.417 e. The van der Waals surface area contributed by atoms with Crippen molar-refractivity contribution in [2.24, 2.45) is 5.92 Å². The van der Waals surface area contributed by atoms with Crippen molar-refractivity contribution in [1.29, 1.82) is 0 Å². The summed E-state index contributed by atoms with van der Waals surface area (Å²) in [5.74, 6) is 0.0191. The number of alkyl halides is 3. The fourth-order valence-electron chi connectivity index (χ4n) is 4.03. The molecule has 5 heteroatoms. The molecule has 146 valence electrons. The topological polar surface area (TPSA) is 9.23 Å². The maximum Gasteiger partial charge on any atom is 0.487 e. The van der Waals surface area contributed by atoms with Crippen molar-refractivity contribution in [2.75, 3.05) is 0 Å². The summed E-state index contributed by atoms with van der Waals surface area (Å²) in [6, 6.07) is 12.0. The first-order valence-corrected chi connectivity index (χ1v) is 9.89. The van der Waals surface area contributed by atoms with Crippen LogP contribution in [0.5, 0.6) is 5.75 Å². The molecule has 1 saturated carbocycles. The monoisotopic (exact) mass is 396 g/mol. The van der Waals surface area contributed by atoms with E-state index in [0.717, 1.165) is 11.5 Å². The van der Waals surface area contributed by atoms with Crippen LogP contribution in [0.3, 0.4) is 0 Å². The van der Waals surface area contributed by atoms with E-state index >= 15 is 0 Å². The fraction of sp³-hybridized carbons (Fsp3) is 0.455. The summed E-state index contributed by atoms with van der Waals surface area (Å²) >= 11 is 4.69. The van der Waals surface area contributed by atoms with Crippen molar-refractivity contribution in [3.63, 3.8) is 0 Å². The van der Waals surface area contributed by atoms with Crippen LogP contribution in [0.1, 0.15) is 56.9 Å². The molecule has 0 amide bonds. The molecule has 1 aliphatic rings. The van der Waals surface area contributed by atoms with Gasteiger partial charge in [0.25, 0.3) is 0 Å². The molecular weight excluding hydrogens is 373 g/mol. The molecule has 0 unspecified atom stereocenters. The molecule has 0 heterocycles. The minimum absolute atomic E-state index is 0.570. The first kappa shape index (κ1) is 20.1. The van der Waals surface area contributed by atoms with Crippen LogP contribution in [0.2, 0.25) is 0 Å². The molecule has 1 fully saturated rings. The number of hydrogen-bond donors (Lipinski definition) is 0. The summed E-state index contributed by atoms with van der Waals surface area (Å²) < 4.78 is 43.5. The van der Waals surface area contributed by atoms with Crippen LogP contribution in [0.4, 0.5) is 13.2 Å². The highest BCUT2D eigenvalue weighted by Gasteiger charge is 2.29. The van der Waals surface area contributed by atoms with Gasteiger partial charge in [0, 0.05) is 11.6 Å². The second-order valence-corrected chi connectivity index (χ2v) is 7.76. The number of benzene rings is 2. The van der Waals surface area contributed by atoms with Gasteiger partial charge in [0.05, 0.1) is 0 Å². The van der Waals surface area contributed by atoms with Crippen LogP contribution in [0, 0.1) is 11.7 Å². The highest BCUT2D eigenvalue weighted by Crippen LogP contribution is 2.38. The second kappa shape index (κ2) is 8.55. The number of ether oxygens (including phenoxy) is 1. The van der Waals surface area contributed by atoms with Crippen molar-refractivity contribution in [3.05, 3.63) is 53.8 Å². The lowest BCUT2D eigenvalue weighted by atomic mass is 9.77. The molecule has 0 bridgehead atoms. The van der Waals surface area contributed by atoms with Crippen LogP contribution in [0.15, 0.2) is 42.5 Å². The molecule has 0 radical (unpaired) electrons. The average Bonchev–Trinajstić information content (AvgIpc) is 2.63. The van der Waals surface area contributed by atoms with E-state index < -0.39 is 17.1 Å². The fourth-order valence-corrected chi connectivity index (χ4v) is 4.11. The van der Waals surface area contributed by atoms with Gasteiger partial charge in [-0.2, -0.15) is 0 Å². The van der Waals surface area contributed by atoms with Gasteiger partial charge in [-0.05, 0) is 66.3 Å². The Morgan fingerprint density at radius 2 is 1.63 bits per heavy atom. The summed E-state index contributed by atoms with van der Waals surface area (Å²) in [5, 5.41) is 0. The van der Waals surface area contributed by atoms with Crippen LogP contribution < -0.4 is 4.74 Å². The van der Waals surface area contributed by atoms with Crippen LogP contribution in [-0.4, -0.2) is 5.57 Å². The van der Waals surface area contributed by atoms with Crippen molar-refractivity contribution in [1.82, 2.24) is 0 Å². The lowest BCUT2D eigenvalue weighted by Gasteiger charge is -2.28. The van der Waals surface area contributed by atoms with Crippen LogP contribution in [0.25, 0.3) is 11.1 Å². The molecule has 0 saturated heterocycles. The third-order valence-electron chi connectivity index (χ3n) is 5.42. The third kappa shape index (κ3) is 5.41. The lowest BCUT2D eigenvalue weighted by molar-refractivity contribution is -0.0984. The summed E-state index contributed by atoms with van der Waals surface area (Å²) in [6.07, 6.45) is 7.60. The zero-order valence-electron chi connectivity index (χ0n) is 15.4. The second-order valence-electron chi connectivity index (χ2n) is 7.32. The Hall–Kier alpha value is -1.68. The molecule has 2 aromatic carbocycles. The molecule has 0 aromatic heterocycles. The minimum Gasteiger partial charge on any atom is -0.417 e. The Labute approximate surface area is 163 Å². The summed E-state index contributed by atoms with van der Waals surface area (Å²) in [6.45, 7) is 2.24. The first-order chi connectivity index (χ1) is 12.9. The third-order valence-corrected chi connectivity index (χ3v) is 5.49. The van der Waals surface area contributed by atoms with E-state index in [9.17, 15) is 13.2 Å². The molecule has 2 aromatic rings. The predicted octanol–water partition coefficient (Wildman–Crippen LogP) is 7.73. The molecule has 27 heavy (non-hydrogen) atoms.